The predicted molar refractivity (Wildman–Crippen MR) is 159 cm³/mol. The molecule has 0 aliphatic carbocycles. The molecule has 39 heavy (non-hydrogen) atoms. The minimum Gasteiger partial charge on any atom is -0.508 e. The van der Waals surface area contributed by atoms with Gasteiger partial charge in [0, 0.05) is 18.7 Å². The Morgan fingerprint density at radius 1 is 1.03 bits per heavy atom. The molecule has 0 bridgehead atoms. The average Bonchev–Trinajstić information content (AvgIpc) is 3.21. The number of methoxy groups -OCH3 is 1. The number of aromatic hydroxyl groups is 1. The lowest BCUT2D eigenvalue weighted by atomic mass is 10.1. The summed E-state index contributed by atoms with van der Waals surface area (Å²) in [6.07, 6.45) is 4.43. The molecular weight excluding hydrogens is 532 g/mol. The van der Waals surface area contributed by atoms with Gasteiger partial charge in [-0.25, -0.2) is 0 Å². The van der Waals surface area contributed by atoms with Crippen molar-refractivity contribution in [3.8, 4) is 17.2 Å². The second-order valence-corrected chi connectivity index (χ2v) is 10.6. The van der Waals surface area contributed by atoms with Gasteiger partial charge in [0.2, 0.25) is 5.91 Å². The molecule has 1 saturated heterocycles. The monoisotopic (exact) mass is 562 g/mol. The van der Waals surface area contributed by atoms with Gasteiger partial charge in [-0.2, -0.15) is 0 Å². The van der Waals surface area contributed by atoms with Crippen molar-refractivity contribution in [3.63, 3.8) is 0 Å². The van der Waals surface area contributed by atoms with Crippen molar-refractivity contribution in [1.82, 2.24) is 4.90 Å². The Morgan fingerprint density at radius 2 is 1.79 bits per heavy atom. The number of thiocarbonyl (C=S) groups is 1. The number of hydrogen-bond acceptors (Lipinski definition) is 7. The van der Waals surface area contributed by atoms with Crippen molar-refractivity contribution in [3.05, 3.63) is 88.8 Å². The summed E-state index contributed by atoms with van der Waals surface area (Å²) in [7, 11) is 1.59. The molecule has 3 aromatic carbocycles. The molecule has 0 atom stereocenters. The third-order valence-corrected chi connectivity index (χ3v) is 7.41. The molecule has 1 fully saturated rings. The summed E-state index contributed by atoms with van der Waals surface area (Å²) in [5.41, 5.74) is 2.53. The number of amides is 2. The number of ether oxygens (including phenoxy) is 2. The van der Waals surface area contributed by atoms with Crippen molar-refractivity contribution in [1.29, 1.82) is 0 Å². The summed E-state index contributed by atoms with van der Waals surface area (Å²) < 4.78 is 12.0. The molecule has 1 heterocycles. The lowest BCUT2D eigenvalue weighted by Gasteiger charge is -2.14. The smallest absolute Gasteiger partial charge is 0.266 e. The largest absolute Gasteiger partial charge is 0.508 e. The first kappa shape index (κ1) is 28.2. The Morgan fingerprint density at radius 3 is 2.54 bits per heavy atom. The van der Waals surface area contributed by atoms with E-state index in [0.717, 1.165) is 24.0 Å². The molecule has 0 unspecified atom stereocenters. The SMILES string of the molecule is COc1cc(/C=C2\SC(=S)N(CCCCCC(=O)Nc3ccc(O)cc3)C2=O)ccc1OCc1ccccc1. The van der Waals surface area contributed by atoms with Crippen LogP contribution < -0.4 is 14.8 Å². The maximum atomic E-state index is 13.0. The van der Waals surface area contributed by atoms with Crippen LogP contribution >= 0.6 is 24.0 Å². The zero-order chi connectivity index (χ0) is 27.6. The van der Waals surface area contributed by atoms with Gasteiger partial charge in [0.25, 0.3) is 5.91 Å². The number of carbonyl (C=O) groups excluding carboxylic acids is 2. The van der Waals surface area contributed by atoms with Crippen molar-refractivity contribution >= 4 is 51.9 Å². The van der Waals surface area contributed by atoms with Gasteiger partial charge < -0.3 is 19.9 Å². The van der Waals surface area contributed by atoms with Gasteiger partial charge >= 0.3 is 0 Å². The van der Waals surface area contributed by atoms with E-state index in [1.54, 1.807) is 24.1 Å². The lowest BCUT2D eigenvalue weighted by molar-refractivity contribution is -0.122. The molecule has 0 saturated carbocycles. The van der Waals surface area contributed by atoms with Gasteiger partial charge in [0.15, 0.2) is 11.5 Å². The number of hydrogen-bond donors (Lipinski definition) is 2. The molecule has 0 spiro atoms. The Hall–Kier alpha value is -3.82. The second kappa shape index (κ2) is 13.8. The number of nitrogens with zero attached hydrogens (tertiary/aromatic N) is 1. The van der Waals surface area contributed by atoms with Gasteiger partial charge in [0.05, 0.1) is 12.0 Å². The summed E-state index contributed by atoms with van der Waals surface area (Å²) in [5, 5.41) is 12.1. The number of unbranched alkanes of at least 4 members (excludes halogenated alkanes) is 2. The van der Waals surface area contributed by atoms with E-state index in [4.69, 9.17) is 21.7 Å². The van der Waals surface area contributed by atoms with Crippen LogP contribution in [0.25, 0.3) is 6.08 Å². The number of rotatable bonds is 12. The first-order valence-electron chi connectivity index (χ1n) is 12.6. The lowest BCUT2D eigenvalue weighted by Crippen LogP contribution is -2.29. The number of nitrogens with one attached hydrogen (secondary N) is 1. The zero-order valence-corrected chi connectivity index (χ0v) is 23.2. The fourth-order valence-electron chi connectivity index (χ4n) is 3.97. The molecule has 4 rings (SSSR count). The Bertz CT molecular complexity index is 1340. The molecule has 7 nitrogen and oxygen atoms in total. The van der Waals surface area contributed by atoms with E-state index in [0.29, 0.717) is 52.4 Å². The van der Waals surface area contributed by atoms with Crippen LogP contribution in [-0.4, -0.2) is 39.8 Å². The quantitative estimate of drug-likeness (QED) is 0.115. The molecule has 1 aliphatic heterocycles. The summed E-state index contributed by atoms with van der Waals surface area (Å²) >= 11 is 6.75. The average molecular weight is 563 g/mol. The van der Waals surface area contributed by atoms with Crippen LogP contribution in [-0.2, 0) is 16.2 Å². The molecular formula is C30H30N2O5S2. The highest BCUT2D eigenvalue weighted by molar-refractivity contribution is 8.26. The van der Waals surface area contributed by atoms with Gasteiger partial charge in [-0.3, -0.25) is 14.5 Å². The topological polar surface area (TPSA) is 88.1 Å². The number of phenolic OH excluding ortho intramolecular Hbond substituents is 1. The zero-order valence-electron chi connectivity index (χ0n) is 21.6. The van der Waals surface area contributed by atoms with Gasteiger partial charge in [0.1, 0.15) is 16.7 Å². The fourth-order valence-corrected chi connectivity index (χ4v) is 5.28. The van der Waals surface area contributed by atoms with Crippen LogP contribution in [0.1, 0.15) is 36.8 Å². The molecule has 0 radical (unpaired) electrons. The highest BCUT2D eigenvalue weighted by Gasteiger charge is 2.31. The minimum atomic E-state index is -0.113. The molecule has 1 aliphatic rings. The van der Waals surface area contributed by atoms with Crippen LogP contribution in [0.4, 0.5) is 5.69 Å². The van der Waals surface area contributed by atoms with E-state index in [2.05, 4.69) is 5.32 Å². The van der Waals surface area contributed by atoms with E-state index >= 15 is 0 Å². The van der Waals surface area contributed by atoms with Gasteiger partial charge in [-0.15, -0.1) is 0 Å². The molecule has 2 N–H and O–H groups in total. The van der Waals surface area contributed by atoms with Gasteiger partial charge in [-0.05, 0) is 66.4 Å². The van der Waals surface area contributed by atoms with Crippen molar-refractivity contribution in [2.75, 3.05) is 19.0 Å². The Kier molecular flexibility index (Phi) is 9.99. The normalized spacial score (nSPS) is 14.1. The Labute approximate surface area is 237 Å². The molecule has 0 aromatic heterocycles. The van der Waals surface area contributed by atoms with Crippen molar-refractivity contribution in [2.45, 2.75) is 32.3 Å². The van der Waals surface area contributed by atoms with Crippen molar-refractivity contribution < 1.29 is 24.2 Å². The molecule has 2 amide bonds. The maximum absolute atomic E-state index is 13.0. The summed E-state index contributed by atoms with van der Waals surface area (Å²) in [6.45, 7) is 0.940. The van der Waals surface area contributed by atoms with Crippen LogP contribution in [0.2, 0.25) is 0 Å². The predicted octanol–water partition coefficient (Wildman–Crippen LogP) is 6.38. The minimum absolute atomic E-state index is 0.0823. The van der Waals surface area contributed by atoms with E-state index in [1.165, 1.54) is 23.9 Å². The molecule has 3 aromatic rings. The van der Waals surface area contributed by atoms with Crippen LogP contribution in [0.15, 0.2) is 77.7 Å². The Balaban J connectivity index is 1.25. The number of anilines is 1. The fraction of sp³-hybridized carbons (Fsp3) is 0.233. The number of carbonyl (C=O) groups is 2. The summed E-state index contributed by atoms with van der Waals surface area (Å²) in [4.78, 5) is 27.3. The summed E-state index contributed by atoms with van der Waals surface area (Å²) in [6, 6.07) is 21.8. The van der Waals surface area contributed by atoms with Crippen LogP contribution in [0, 0.1) is 0 Å². The van der Waals surface area contributed by atoms with E-state index in [1.807, 2.05) is 54.6 Å². The third kappa shape index (κ3) is 8.08. The van der Waals surface area contributed by atoms with Crippen molar-refractivity contribution in [2.24, 2.45) is 0 Å². The third-order valence-electron chi connectivity index (χ3n) is 6.03. The van der Waals surface area contributed by atoms with Crippen LogP contribution in [0.5, 0.6) is 17.2 Å². The second-order valence-electron chi connectivity index (χ2n) is 8.92. The molecule has 9 heteroatoms. The maximum Gasteiger partial charge on any atom is 0.266 e. The number of benzene rings is 3. The van der Waals surface area contributed by atoms with E-state index in [9.17, 15) is 14.7 Å². The number of thioether (sulfide) groups is 1. The van der Waals surface area contributed by atoms with E-state index in [-0.39, 0.29) is 17.6 Å². The van der Waals surface area contributed by atoms with Crippen LogP contribution in [0.3, 0.4) is 0 Å². The van der Waals surface area contributed by atoms with Gasteiger partial charge in [-0.1, -0.05) is 66.8 Å². The summed E-state index contributed by atoms with van der Waals surface area (Å²) in [5.74, 6) is 1.17. The first-order chi connectivity index (χ1) is 18.9. The first-order valence-corrected chi connectivity index (χ1v) is 13.8. The highest BCUT2D eigenvalue weighted by atomic mass is 32.2. The standard InChI is InChI=1S/C30H30N2O5S2/c1-36-26-18-22(11-16-25(26)37-20-21-8-4-2-5-9-21)19-27-29(35)32(30(38)39-27)17-7-3-6-10-28(34)31-23-12-14-24(33)15-13-23/h2,4-5,8-9,11-16,18-19,33H,3,6-7,10,17,20H2,1H3,(H,31,34)/b27-19-. The van der Waals surface area contributed by atoms with E-state index < -0.39 is 0 Å². The number of phenols is 1. The highest BCUT2D eigenvalue weighted by Crippen LogP contribution is 2.35. The molecule has 202 valence electrons.